The number of ether oxygens (including phenoxy) is 1. The monoisotopic (exact) mass is 274 g/mol. The van der Waals surface area contributed by atoms with E-state index in [9.17, 15) is 9.50 Å². The van der Waals surface area contributed by atoms with Crippen LogP contribution in [0, 0.1) is 5.82 Å². The van der Waals surface area contributed by atoms with E-state index < -0.39 is 5.60 Å². The van der Waals surface area contributed by atoms with Crippen LogP contribution in [0.25, 0.3) is 0 Å². The summed E-state index contributed by atoms with van der Waals surface area (Å²) in [6, 6.07) is 14.1. The quantitative estimate of drug-likeness (QED) is 0.905. The molecule has 2 aromatic rings. The maximum atomic E-state index is 13.6. The first-order chi connectivity index (χ1) is 9.50. The largest absolute Gasteiger partial charge is 0.497 e. The second kappa shape index (κ2) is 6.06. The maximum absolute atomic E-state index is 13.6. The van der Waals surface area contributed by atoms with Crippen molar-refractivity contribution in [3.8, 4) is 5.75 Å². The molecule has 0 aliphatic carbocycles. The smallest absolute Gasteiger partial charge is 0.126 e. The second-order valence-electron chi connectivity index (χ2n) is 5.29. The molecular formula is C17H19FO2. The number of hydrogen-bond acceptors (Lipinski definition) is 2. The van der Waals surface area contributed by atoms with Gasteiger partial charge in [-0.3, -0.25) is 0 Å². The van der Waals surface area contributed by atoms with Crippen LogP contribution in [-0.4, -0.2) is 17.8 Å². The molecule has 0 aliphatic rings. The molecule has 0 spiro atoms. The lowest BCUT2D eigenvalue weighted by Gasteiger charge is -2.24. The van der Waals surface area contributed by atoms with Gasteiger partial charge in [-0.25, -0.2) is 4.39 Å². The molecule has 0 saturated heterocycles. The van der Waals surface area contributed by atoms with Crippen LogP contribution in [-0.2, 0) is 12.8 Å². The fourth-order valence-corrected chi connectivity index (χ4v) is 2.34. The van der Waals surface area contributed by atoms with Gasteiger partial charge in [-0.15, -0.1) is 0 Å². The molecule has 0 aliphatic heterocycles. The SMILES string of the molecule is COc1cccc(CC(C)(O)Cc2ccccc2F)c1. The van der Waals surface area contributed by atoms with Crippen molar-refractivity contribution < 1.29 is 14.2 Å². The van der Waals surface area contributed by atoms with Crippen LogP contribution in [0.4, 0.5) is 4.39 Å². The fourth-order valence-electron chi connectivity index (χ4n) is 2.34. The molecule has 3 heteroatoms. The molecule has 0 aromatic heterocycles. The zero-order valence-electron chi connectivity index (χ0n) is 11.8. The Kier molecular flexibility index (Phi) is 4.40. The number of rotatable bonds is 5. The normalized spacial score (nSPS) is 13.8. The summed E-state index contributed by atoms with van der Waals surface area (Å²) in [6.45, 7) is 1.72. The van der Waals surface area contributed by atoms with Crippen LogP contribution in [0.5, 0.6) is 5.75 Å². The number of halogens is 1. The summed E-state index contributed by atoms with van der Waals surface area (Å²) >= 11 is 0. The van der Waals surface area contributed by atoms with E-state index in [1.54, 1.807) is 32.2 Å². The second-order valence-corrected chi connectivity index (χ2v) is 5.29. The molecular weight excluding hydrogens is 255 g/mol. The third-order valence-corrected chi connectivity index (χ3v) is 3.25. The molecule has 2 rings (SSSR count). The van der Waals surface area contributed by atoms with Gasteiger partial charge < -0.3 is 9.84 Å². The summed E-state index contributed by atoms with van der Waals surface area (Å²) in [5, 5.41) is 10.5. The summed E-state index contributed by atoms with van der Waals surface area (Å²) in [5.41, 5.74) is 0.486. The van der Waals surface area contributed by atoms with Crippen molar-refractivity contribution in [3.05, 3.63) is 65.5 Å². The van der Waals surface area contributed by atoms with Gasteiger partial charge in [0.2, 0.25) is 0 Å². The Morgan fingerprint density at radius 3 is 2.55 bits per heavy atom. The van der Waals surface area contributed by atoms with E-state index >= 15 is 0 Å². The van der Waals surface area contributed by atoms with Gasteiger partial charge in [0.25, 0.3) is 0 Å². The average molecular weight is 274 g/mol. The minimum atomic E-state index is -1.01. The van der Waals surface area contributed by atoms with Gasteiger partial charge >= 0.3 is 0 Å². The van der Waals surface area contributed by atoms with Crippen molar-refractivity contribution in [2.45, 2.75) is 25.4 Å². The summed E-state index contributed by atoms with van der Waals surface area (Å²) in [5.74, 6) is 0.475. The van der Waals surface area contributed by atoms with Crippen molar-refractivity contribution in [1.82, 2.24) is 0 Å². The molecule has 0 bridgehead atoms. The molecule has 1 atom stereocenters. The predicted molar refractivity (Wildman–Crippen MR) is 77.4 cm³/mol. The first-order valence-corrected chi connectivity index (χ1v) is 6.59. The van der Waals surface area contributed by atoms with Crippen LogP contribution < -0.4 is 4.74 Å². The minimum Gasteiger partial charge on any atom is -0.497 e. The Morgan fingerprint density at radius 2 is 1.85 bits per heavy atom. The van der Waals surface area contributed by atoms with Crippen molar-refractivity contribution >= 4 is 0 Å². The molecule has 0 radical (unpaired) electrons. The van der Waals surface area contributed by atoms with E-state index in [2.05, 4.69) is 0 Å². The molecule has 2 aromatic carbocycles. The summed E-state index contributed by atoms with van der Waals surface area (Å²) in [4.78, 5) is 0. The number of aliphatic hydroxyl groups is 1. The zero-order valence-corrected chi connectivity index (χ0v) is 11.8. The highest BCUT2D eigenvalue weighted by Gasteiger charge is 2.23. The third kappa shape index (κ3) is 3.81. The van der Waals surface area contributed by atoms with Gasteiger partial charge in [0.05, 0.1) is 12.7 Å². The van der Waals surface area contributed by atoms with Gasteiger partial charge in [0.15, 0.2) is 0 Å². The topological polar surface area (TPSA) is 29.5 Å². The lowest BCUT2D eigenvalue weighted by Crippen LogP contribution is -2.30. The summed E-state index contributed by atoms with van der Waals surface area (Å²) < 4.78 is 18.8. The maximum Gasteiger partial charge on any atom is 0.126 e. The fraction of sp³-hybridized carbons (Fsp3) is 0.294. The van der Waals surface area contributed by atoms with Gasteiger partial charge in [-0.05, 0) is 36.2 Å². The van der Waals surface area contributed by atoms with Crippen molar-refractivity contribution in [2.24, 2.45) is 0 Å². The van der Waals surface area contributed by atoms with E-state index in [0.29, 0.717) is 12.0 Å². The average Bonchev–Trinajstić information content (AvgIpc) is 2.41. The third-order valence-electron chi connectivity index (χ3n) is 3.25. The minimum absolute atomic E-state index is 0.275. The summed E-state index contributed by atoms with van der Waals surface area (Å²) in [7, 11) is 1.61. The standard InChI is InChI=1S/C17H19FO2/c1-17(19,12-14-7-3-4-9-16(14)18)11-13-6-5-8-15(10-13)20-2/h3-10,19H,11-12H2,1-2H3. The molecule has 20 heavy (non-hydrogen) atoms. The van der Waals surface area contributed by atoms with Gasteiger partial charge in [-0.2, -0.15) is 0 Å². The first-order valence-electron chi connectivity index (χ1n) is 6.59. The highest BCUT2D eigenvalue weighted by atomic mass is 19.1. The first kappa shape index (κ1) is 14.5. The van der Waals surface area contributed by atoms with Crippen LogP contribution >= 0.6 is 0 Å². The Labute approximate surface area is 118 Å². The molecule has 106 valence electrons. The van der Waals surface area contributed by atoms with Gasteiger partial charge in [0.1, 0.15) is 11.6 Å². The zero-order chi connectivity index (χ0) is 14.6. The molecule has 0 saturated carbocycles. The Hall–Kier alpha value is -1.87. The van der Waals surface area contributed by atoms with Crippen LogP contribution in [0.1, 0.15) is 18.1 Å². The van der Waals surface area contributed by atoms with Crippen molar-refractivity contribution in [2.75, 3.05) is 7.11 Å². The lowest BCUT2D eigenvalue weighted by molar-refractivity contribution is 0.0599. The molecule has 1 N–H and O–H groups in total. The van der Waals surface area contributed by atoms with E-state index in [1.807, 2.05) is 24.3 Å². The van der Waals surface area contributed by atoms with E-state index in [-0.39, 0.29) is 12.2 Å². The Morgan fingerprint density at radius 1 is 1.10 bits per heavy atom. The van der Waals surface area contributed by atoms with Gasteiger partial charge in [-0.1, -0.05) is 30.3 Å². The molecule has 0 heterocycles. The van der Waals surface area contributed by atoms with Crippen molar-refractivity contribution in [1.29, 1.82) is 0 Å². The molecule has 2 nitrogen and oxygen atoms in total. The molecule has 0 amide bonds. The molecule has 1 unspecified atom stereocenters. The number of methoxy groups -OCH3 is 1. The highest BCUT2D eigenvalue weighted by Crippen LogP contribution is 2.22. The molecule has 0 fully saturated rings. The summed E-state index contributed by atoms with van der Waals surface area (Å²) in [6.07, 6.45) is 0.718. The lowest BCUT2D eigenvalue weighted by atomic mass is 9.89. The number of benzene rings is 2. The van der Waals surface area contributed by atoms with E-state index in [4.69, 9.17) is 4.74 Å². The van der Waals surface area contributed by atoms with Crippen LogP contribution in [0.2, 0.25) is 0 Å². The highest BCUT2D eigenvalue weighted by molar-refractivity contribution is 5.30. The van der Waals surface area contributed by atoms with E-state index in [0.717, 1.165) is 11.3 Å². The Balaban J connectivity index is 2.12. The van der Waals surface area contributed by atoms with Gasteiger partial charge in [0, 0.05) is 12.8 Å². The van der Waals surface area contributed by atoms with Crippen LogP contribution in [0.3, 0.4) is 0 Å². The van der Waals surface area contributed by atoms with Crippen molar-refractivity contribution in [3.63, 3.8) is 0 Å². The number of hydrogen-bond donors (Lipinski definition) is 1. The van der Waals surface area contributed by atoms with Crippen LogP contribution in [0.15, 0.2) is 48.5 Å². The Bertz CT molecular complexity index is 579. The predicted octanol–water partition coefficient (Wildman–Crippen LogP) is 3.37. The van der Waals surface area contributed by atoms with E-state index in [1.165, 1.54) is 6.07 Å².